The summed E-state index contributed by atoms with van der Waals surface area (Å²) in [7, 11) is -0.241. The Hall–Kier alpha value is -3.10. The maximum atomic E-state index is 14.6. The van der Waals surface area contributed by atoms with Gasteiger partial charge in [0.15, 0.2) is 11.5 Å². The third-order valence-electron chi connectivity index (χ3n) is 4.75. The molecular weight excluding hydrogens is 395 g/mol. The molecular formula is C21H19FN2O4S. The molecule has 0 atom stereocenters. The van der Waals surface area contributed by atoms with Crippen LogP contribution in [0.3, 0.4) is 0 Å². The number of ether oxygens (including phenoxy) is 2. The predicted octanol–water partition coefficient (Wildman–Crippen LogP) is 3.60. The molecule has 0 radical (unpaired) electrons. The highest BCUT2D eigenvalue weighted by Crippen LogP contribution is 2.43. The van der Waals surface area contributed by atoms with E-state index in [4.69, 9.17) is 14.6 Å². The van der Waals surface area contributed by atoms with E-state index in [9.17, 15) is 12.8 Å². The van der Waals surface area contributed by atoms with Crippen molar-refractivity contribution in [1.82, 2.24) is 0 Å². The van der Waals surface area contributed by atoms with Gasteiger partial charge in [0.1, 0.15) is 5.82 Å². The summed E-state index contributed by atoms with van der Waals surface area (Å²) < 4.78 is 48.7. The molecule has 0 fully saturated rings. The van der Waals surface area contributed by atoms with Gasteiger partial charge in [-0.2, -0.15) is 0 Å². The third kappa shape index (κ3) is 3.64. The summed E-state index contributed by atoms with van der Waals surface area (Å²) >= 11 is 0. The standard InChI is InChI=1S/C21H19FN2O4S/c1-24(2)19-8-5-14(9-18(19)22)17-11-21-20(27-12-28-21)10-16(17)13-3-6-15(7-4-13)29(23,25)26/h3-11H,12H2,1-2H3,(H2,23,25,26). The lowest BCUT2D eigenvalue weighted by Crippen LogP contribution is -2.11. The third-order valence-corrected chi connectivity index (χ3v) is 5.68. The zero-order valence-electron chi connectivity index (χ0n) is 15.8. The van der Waals surface area contributed by atoms with Crippen molar-refractivity contribution in [2.24, 2.45) is 5.14 Å². The van der Waals surface area contributed by atoms with Crippen molar-refractivity contribution in [3.05, 3.63) is 60.4 Å². The van der Waals surface area contributed by atoms with E-state index in [2.05, 4.69) is 0 Å². The second-order valence-electron chi connectivity index (χ2n) is 6.88. The van der Waals surface area contributed by atoms with Crippen molar-refractivity contribution >= 4 is 15.7 Å². The lowest BCUT2D eigenvalue weighted by atomic mass is 9.93. The van der Waals surface area contributed by atoms with Crippen LogP contribution in [0.15, 0.2) is 59.5 Å². The van der Waals surface area contributed by atoms with E-state index in [1.54, 1.807) is 49.3 Å². The number of hydrogen-bond donors (Lipinski definition) is 1. The molecule has 29 heavy (non-hydrogen) atoms. The monoisotopic (exact) mass is 414 g/mol. The van der Waals surface area contributed by atoms with Crippen LogP contribution in [-0.2, 0) is 10.0 Å². The fourth-order valence-corrected chi connectivity index (χ4v) is 3.80. The van der Waals surface area contributed by atoms with Gasteiger partial charge in [0.2, 0.25) is 16.8 Å². The van der Waals surface area contributed by atoms with Crippen LogP contribution in [0, 0.1) is 5.82 Å². The summed E-state index contributed by atoms with van der Waals surface area (Å²) in [5, 5.41) is 5.19. The quantitative estimate of drug-likeness (QED) is 0.705. The van der Waals surface area contributed by atoms with E-state index in [1.165, 1.54) is 18.2 Å². The Bertz CT molecular complexity index is 1190. The molecule has 0 amide bonds. The molecule has 6 nitrogen and oxygen atoms in total. The van der Waals surface area contributed by atoms with Crippen LogP contribution in [0.2, 0.25) is 0 Å². The summed E-state index contributed by atoms with van der Waals surface area (Å²) in [4.78, 5) is 1.72. The van der Waals surface area contributed by atoms with Crippen molar-refractivity contribution in [2.45, 2.75) is 4.90 Å². The highest BCUT2D eigenvalue weighted by Gasteiger charge is 2.20. The molecule has 1 aliphatic heterocycles. The normalized spacial score (nSPS) is 12.8. The minimum absolute atomic E-state index is 0.0184. The van der Waals surface area contributed by atoms with Crippen molar-refractivity contribution in [3.8, 4) is 33.8 Å². The van der Waals surface area contributed by atoms with Gasteiger partial charge >= 0.3 is 0 Å². The number of hydrogen-bond acceptors (Lipinski definition) is 5. The number of sulfonamides is 1. The Morgan fingerprint density at radius 1 is 0.897 bits per heavy atom. The molecule has 0 saturated heterocycles. The molecule has 4 rings (SSSR count). The Kier molecular flexibility index (Phi) is 4.68. The molecule has 2 N–H and O–H groups in total. The van der Waals surface area contributed by atoms with E-state index in [1.807, 2.05) is 6.07 Å². The van der Waals surface area contributed by atoms with E-state index < -0.39 is 10.0 Å². The fraction of sp³-hybridized carbons (Fsp3) is 0.143. The second-order valence-corrected chi connectivity index (χ2v) is 8.44. The summed E-state index contributed by atoms with van der Waals surface area (Å²) in [6, 6.07) is 14.8. The molecule has 0 bridgehead atoms. The number of halogens is 1. The molecule has 3 aromatic rings. The minimum Gasteiger partial charge on any atom is -0.454 e. The second kappa shape index (κ2) is 7.06. The van der Waals surface area contributed by atoms with Crippen LogP contribution in [0.25, 0.3) is 22.3 Å². The van der Waals surface area contributed by atoms with Crippen LogP contribution in [-0.4, -0.2) is 29.3 Å². The molecule has 150 valence electrons. The Morgan fingerprint density at radius 3 is 1.97 bits per heavy atom. The molecule has 1 aliphatic rings. The van der Waals surface area contributed by atoms with Crippen LogP contribution in [0.1, 0.15) is 0 Å². The average molecular weight is 414 g/mol. The first-order valence-corrected chi connectivity index (χ1v) is 10.3. The molecule has 0 aliphatic carbocycles. The smallest absolute Gasteiger partial charge is 0.238 e. The lowest BCUT2D eigenvalue weighted by Gasteiger charge is -2.16. The maximum Gasteiger partial charge on any atom is 0.238 e. The Morgan fingerprint density at radius 2 is 1.45 bits per heavy atom. The number of nitrogens with two attached hydrogens (primary N) is 1. The molecule has 3 aromatic carbocycles. The van der Waals surface area contributed by atoms with E-state index in [0.717, 1.165) is 16.7 Å². The first kappa shape index (κ1) is 19.2. The predicted molar refractivity (Wildman–Crippen MR) is 109 cm³/mol. The number of anilines is 1. The lowest BCUT2D eigenvalue weighted by molar-refractivity contribution is 0.174. The maximum absolute atomic E-state index is 14.6. The molecule has 8 heteroatoms. The van der Waals surface area contributed by atoms with Gasteiger partial charge < -0.3 is 14.4 Å². The van der Waals surface area contributed by atoms with Crippen molar-refractivity contribution < 1.29 is 22.3 Å². The van der Waals surface area contributed by atoms with Gasteiger partial charge in [-0.15, -0.1) is 0 Å². The summed E-state index contributed by atoms with van der Waals surface area (Å²) in [6.07, 6.45) is 0. The summed E-state index contributed by atoms with van der Waals surface area (Å²) in [5.74, 6) is 0.798. The van der Waals surface area contributed by atoms with Crippen molar-refractivity contribution in [1.29, 1.82) is 0 Å². The van der Waals surface area contributed by atoms with Gasteiger partial charge in [0, 0.05) is 14.1 Å². The number of nitrogens with zero attached hydrogens (tertiary/aromatic N) is 1. The largest absolute Gasteiger partial charge is 0.454 e. The Labute approximate surface area is 168 Å². The molecule has 0 unspecified atom stereocenters. The van der Waals surface area contributed by atoms with Crippen LogP contribution >= 0.6 is 0 Å². The van der Waals surface area contributed by atoms with Gasteiger partial charge in [-0.3, -0.25) is 0 Å². The Balaban J connectivity index is 1.87. The van der Waals surface area contributed by atoms with Crippen LogP contribution in [0.4, 0.5) is 10.1 Å². The van der Waals surface area contributed by atoms with Crippen LogP contribution < -0.4 is 19.5 Å². The number of benzene rings is 3. The van der Waals surface area contributed by atoms with E-state index >= 15 is 0 Å². The number of fused-ring (bicyclic) bond motifs is 1. The van der Waals surface area contributed by atoms with E-state index in [-0.39, 0.29) is 17.5 Å². The molecule has 0 aromatic heterocycles. The SMILES string of the molecule is CN(C)c1ccc(-c2cc3c(cc2-c2ccc(S(N)(=O)=O)cc2)OCO3)cc1F. The average Bonchev–Trinajstić information content (AvgIpc) is 3.13. The molecule has 1 heterocycles. The first-order valence-electron chi connectivity index (χ1n) is 8.78. The first-order chi connectivity index (χ1) is 13.7. The molecule has 0 spiro atoms. The summed E-state index contributed by atoms with van der Waals surface area (Å²) in [5.41, 5.74) is 3.38. The van der Waals surface area contributed by atoms with Gasteiger partial charge in [-0.05, 0) is 58.7 Å². The van der Waals surface area contributed by atoms with Crippen molar-refractivity contribution in [3.63, 3.8) is 0 Å². The topological polar surface area (TPSA) is 81.9 Å². The molecule has 0 saturated carbocycles. The van der Waals surface area contributed by atoms with Crippen molar-refractivity contribution in [2.75, 3.05) is 25.8 Å². The summed E-state index contributed by atoms with van der Waals surface area (Å²) in [6.45, 7) is 0.108. The fourth-order valence-electron chi connectivity index (χ4n) is 3.28. The van der Waals surface area contributed by atoms with Gasteiger partial charge in [-0.1, -0.05) is 18.2 Å². The van der Waals surface area contributed by atoms with E-state index in [0.29, 0.717) is 22.7 Å². The minimum atomic E-state index is -3.79. The highest BCUT2D eigenvalue weighted by atomic mass is 32.2. The van der Waals surface area contributed by atoms with Crippen LogP contribution in [0.5, 0.6) is 11.5 Å². The number of rotatable bonds is 4. The van der Waals surface area contributed by atoms with Gasteiger partial charge in [-0.25, -0.2) is 17.9 Å². The zero-order chi connectivity index (χ0) is 20.8. The highest BCUT2D eigenvalue weighted by molar-refractivity contribution is 7.89. The van der Waals surface area contributed by atoms with Gasteiger partial charge in [0.25, 0.3) is 0 Å². The van der Waals surface area contributed by atoms with Gasteiger partial charge in [0.05, 0.1) is 10.6 Å². The number of primary sulfonamides is 1. The zero-order valence-corrected chi connectivity index (χ0v) is 16.7.